The largest absolute Gasteiger partial charge is 0.487 e. The second kappa shape index (κ2) is 13.3. The standard InChI is InChI=1S/C30H34ClN3O2.2ClH/c31-25-10-9-24-22-36-30-6-2-1-5-28(30)34(29(24)20-25)21-27-4-3-14-32(27)15-13-23-7-11-26(12-8-23)33-16-18-35-19-17-33;;/h1-2,5-12,20,27H,3-4,13-19,21-22H2;2*1H. The number of anilines is 3. The number of hydrogen-bond acceptors (Lipinski definition) is 5. The molecule has 3 aromatic carbocycles. The molecule has 2 fully saturated rings. The average Bonchev–Trinajstić information content (AvgIpc) is 3.31. The molecule has 2 saturated heterocycles. The van der Waals surface area contributed by atoms with Crippen molar-refractivity contribution in [1.29, 1.82) is 0 Å². The summed E-state index contributed by atoms with van der Waals surface area (Å²) in [5, 5.41) is 0.766. The van der Waals surface area contributed by atoms with Gasteiger partial charge >= 0.3 is 0 Å². The number of benzene rings is 3. The zero-order valence-corrected chi connectivity index (χ0v) is 23.9. The third-order valence-corrected chi connectivity index (χ3v) is 8.01. The van der Waals surface area contributed by atoms with Crippen LogP contribution in [0.2, 0.25) is 5.02 Å². The Labute approximate surface area is 243 Å². The van der Waals surface area contributed by atoms with E-state index in [1.807, 2.05) is 12.1 Å². The zero-order chi connectivity index (χ0) is 24.3. The Morgan fingerprint density at radius 1 is 0.868 bits per heavy atom. The molecule has 0 spiro atoms. The Morgan fingerprint density at radius 2 is 1.66 bits per heavy atom. The minimum absolute atomic E-state index is 0. The fraction of sp³-hybridized carbons (Fsp3) is 0.400. The molecule has 1 atom stereocenters. The van der Waals surface area contributed by atoms with Crippen molar-refractivity contribution in [2.45, 2.75) is 31.9 Å². The van der Waals surface area contributed by atoms with Crippen molar-refractivity contribution in [1.82, 2.24) is 4.90 Å². The van der Waals surface area contributed by atoms with Crippen LogP contribution in [0.1, 0.15) is 24.0 Å². The number of fused-ring (bicyclic) bond motifs is 2. The van der Waals surface area contributed by atoms with Gasteiger partial charge in [0.1, 0.15) is 12.4 Å². The van der Waals surface area contributed by atoms with Crippen LogP contribution < -0.4 is 14.5 Å². The second-order valence-corrected chi connectivity index (χ2v) is 10.4. The minimum atomic E-state index is 0. The van der Waals surface area contributed by atoms with Gasteiger partial charge < -0.3 is 19.3 Å². The topological polar surface area (TPSA) is 28.2 Å². The molecular formula is C30H36Cl3N3O2. The van der Waals surface area contributed by atoms with Crippen molar-refractivity contribution in [3.05, 3.63) is 82.9 Å². The van der Waals surface area contributed by atoms with Crippen molar-refractivity contribution in [2.75, 3.05) is 55.7 Å². The van der Waals surface area contributed by atoms with Crippen LogP contribution in [0.5, 0.6) is 5.75 Å². The van der Waals surface area contributed by atoms with Crippen molar-refractivity contribution in [3.8, 4) is 5.75 Å². The van der Waals surface area contributed by atoms with Gasteiger partial charge in [0.2, 0.25) is 0 Å². The molecule has 0 radical (unpaired) electrons. The quantitative estimate of drug-likeness (QED) is 0.323. The van der Waals surface area contributed by atoms with E-state index in [1.165, 1.54) is 29.7 Å². The van der Waals surface area contributed by atoms with Crippen molar-refractivity contribution in [2.24, 2.45) is 0 Å². The minimum Gasteiger partial charge on any atom is -0.487 e. The summed E-state index contributed by atoms with van der Waals surface area (Å²) in [6, 6.07) is 24.2. The predicted molar refractivity (Wildman–Crippen MR) is 162 cm³/mol. The molecule has 204 valence electrons. The van der Waals surface area contributed by atoms with E-state index in [-0.39, 0.29) is 24.8 Å². The summed E-state index contributed by atoms with van der Waals surface area (Å²) >= 11 is 6.46. The summed E-state index contributed by atoms with van der Waals surface area (Å²) in [6.45, 7) is 7.34. The lowest BCUT2D eigenvalue weighted by Crippen LogP contribution is -2.39. The smallest absolute Gasteiger partial charge is 0.143 e. The summed E-state index contributed by atoms with van der Waals surface area (Å²) in [6.07, 6.45) is 3.53. The van der Waals surface area contributed by atoms with Gasteiger partial charge in [-0.3, -0.25) is 4.90 Å². The number of hydrogen-bond donors (Lipinski definition) is 0. The number of morpholine rings is 1. The summed E-state index contributed by atoms with van der Waals surface area (Å²) in [4.78, 5) is 7.52. The van der Waals surface area contributed by atoms with Gasteiger partial charge in [0.25, 0.3) is 0 Å². The average molecular weight is 577 g/mol. The molecule has 0 aromatic heterocycles. The van der Waals surface area contributed by atoms with Gasteiger partial charge in [0.15, 0.2) is 0 Å². The van der Waals surface area contributed by atoms with Gasteiger partial charge in [-0.2, -0.15) is 0 Å². The molecule has 3 aliphatic heterocycles. The van der Waals surface area contributed by atoms with Crippen molar-refractivity contribution < 1.29 is 9.47 Å². The summed E-state index contributed by atoms with van der Waals surface area (Å²) in [7, 11) is 0. The number of halogens is 3. The van der Waals surface area contributed by atoms with Crippen LogP contribution in [0.15, 0.2) is 66.7 Å². The predicted octanol–water partition coefficient (Wildman–Crippen LogP) is 6.76. The lowest BCUT2D eigenvalue weighted by atomic mass is 10.1. The second-order valence-electron chi connectivity index (χ2n) is 9.99. The highest BCUT2D eigenvalue weighted by Crippen LogP contribution is 2.41. The third kappa shape index (κ3) is 6.35. The molecule has 0 saturated carbocycles. The highest BCUT2D eigenvalue weighted by atomic mass is 35.5. The number of nitrogens with zero attached hydrogens (tertiary/aromatic N) is 3. The Bertz CT molecular complexity index is 1190. The fourth-order valence-corrected chi connectivity index (χ4v) is 5.94. The van der Waals surface area contributed by atoms with Crippen LogP contribution >= 0.6 is 36.4 Å². The van der Waals surface area contributed by atoms with E-state index >= 15 is 0 Å². The number of likely N-dealkylation sites (tertiary alicyclic amines) is 1. The van der Waals surface area contributed by atoms with Crippen LogP contribution in [0.4, 0.5) is 17.1 Å². The molecule has 0 aliphatic carbocycles. The molecule has 5 nitrogen and oxygen atoms in total. The Hall–Kier alpha value is -2.15. The normalized spacial score (nSPS) is 18.9. The Kier molecular flexibility index (Phi) is 10.1. The number of ether oxygens (including phenoxy) is 2. The van der Waals surface area contributed by atoms with E-state index < -0.39 is 0 Å². The first-order valence-corrected chi connectivity index (χ1v) is 13.6. The maximum atomic E-state index is 6.46. The van der Waals surface area contributed by atoms with Gasteiger partial charge in [-0.15, -0.1) is 24.8 Å². The number of para-hydroxylation sites is 2. The molecule has 38 heavy (non-hydrogen) atoms. The van der Waals surface area contributed by atoms with E-state index in [9.17, 15) is 0 Å². The fourth-order valence-electron chi connectivity index (χ4n) is 5.77. The van der Waals surface area contributed by atoms with Crippen molar-refractivity contribution >= 4 is 53.5 Å². The highest BCUT2D eigenvalue weighted by molar-refractivity contribution is 6.30. The molecule has 3 aliphatic rings. The van der Waals surface area contributed by atoms with E-state index in [4.69, 9.17) is 21.1 Å². The lowest BCUT2D eigenvalue weighted by Gasteiger charge is -2.33. The van der Waals surface area contributed by atoms with Gasteiger partial charge in [0.05, 0.1) is 18.9 Å². The molecule has 6 rings (SSSR count). The van der Waals surface area contributed by atoms with E-state index in [0.717, 1.165) is 74.5 Å². The van der Waals surface area contributed by atoms with Gasteiger partial charge in [-0.1, -0.05) is 41.9 Å². The zero-order valence-electron chi connectivity index (χ0n) is 21.6. The van der Waals surface area contributed by atoms with E-state index in [1.54, 1.807) is 0 Å². The first-order valence-electron chi connectivity index (χ1n) is 13.2. The summed E-state index contributed by atoms with van der Waals surface area (Å²) in [5.41, 5.74) is 6.19. The molecule has 0 amide bonds. The maximum absolute atomic E-state index is 6.46. The van der Waals surface area contributed by atoms with Crippen LogP contribution in [0.3, 0.4) is 0 Å². The first kappa shape index (κ1) is 28.8. The van der Waals surface area contributed by atoms with Crippen molar-refractivity contribution in [3.63, 3.8) is 0 Å². The molecule has 0 bridgehead atoms. The Morgan fingerprint density at radius 3 is 2.47 bits per heavy atom. The molecule has 3 aromatic rings. The van der Waals surface area contributed by atoms with Gasteiger partial charge in [-0.05, 0) is 67.8 Å². The van der Waals surface area contributed by atoms with Gasteiger partial charge in [-0.25, -0.2) is 0 Å². The molecular weight excluding hydrogens is 541 g/mol. The third-order valence-electron chi connectivity index (χ3n) is 7.77. The first-order chi connectivity index (χ1) is 17.7. The van der Waals surface area contributed by atoms with E-state index in [2.05, 4.69) is 69.3 Å². The lowest BCUT2D eigenvalue weighted by molar-refractivity contribution is 0.122. The molecule has 3 heterocycles. The molecule has 0 N–H and O–H groups in total. The molecule has 8 heteroatoms. The maximum Gasteiger partial charge on any atom is 0.143 e. The van der Waals surface area contributed by atoms with Crippen LogP contribution in [0, 0.1) is 0 Å². The summed E-state index contributed by atoms with van der Waals surface area (Å²) < 4.78 is 11.7. The number of rotatable bonds is 6. The van der Waals surface area contributed by atoms with Crippen LogP contribution in [0.25, 0.3) is 0 Å². The SMILES string of the molecule is Cl.Cl.Clc1ccc2c(c1)N(CC1CCCN1CCc1ccc(N3CCOCC3)cc1)c1ccccc1OC2. The van der Waals surface area contributed by atoms with E-state index in [0.29, 0.717) is 12.6 Å². The monoisotopic (exact) mass is 575 g/mol. The Balaban J connectivity index is 0.00000168. The highest BCUT2D eigenvalue weighted by Gasteiger charge is 2.30. The summed E-state index contributed by atoms with van der Waals surface area (Å²) in [5.74, 6) is 0.940. The van der Waals surface area contributed by atoms with Gasteiger partial charge in [0, 0.05) is 54.2 Å². The molecule has 1 unspecified atom stereocenters. The van der Waals surface area contributed by atoms with Crippen LogP contribution in [-0.4, -0.2) is 56.9 Å². The van der Waals surface area contributed by atoms with Crippen LogP contribution in [-0.2, 0) is 17.8 Å².